The zero-order valence-electron chi connectivity index (χ0n) is 15.1. The van der Waals surface area contributed by atoms with Crippen molar-refractivity contribution >= 4 is 37.7 Å². The highest BCUT2D eigenvalue weighted by Crippen LogP contribution is 2.38. The Bertz CT molecular complexity index is 1070. The van der Waals surface area contributed by atoms with E-state index in [1.165, 1.54) is 4.31 Å². The third-order valence-corrected chi connectivity index (χ3v) is 7.71. The maximum atomic E-state index is 13.5. The summed E-state index contributed by atoms with van der Waals surface area (Å²) >= 11 is 3.48. The maximum absolute atomic E-state index is 13.5. The molecule has 0 radical (unpaired) electrons. The molecule has 0 aromatic heterocycles. The number of fused-ring (bicyclic) bond motifs is 1. The van der Waals surface area contributed by atoms with E-state index in [-0.39, 0.29) is 30.6 Å². The smallest absolute Gasteiger partial charge is 0.414 e. The van der Waals surface area contributed by atoms with Crippen LogP contribution in [0.15, 0.2) is 45.8 Å². The van der Waals surface area contributed by atoms with E-state index in [9.17, 15) is 22.0 Å². The molecule has 0 bridgehead atoms. The first kappa shape index (κ1) is 20.2. The normalized spacial score (nSPS) is 18.4. The number of carbonyl (C=O) groups is 1. The molecule has 0 atom stereocenters. The molecule has 1 amide bonds. The van der Waals surface area contributed by atoms with Crippen LogP contribution in [-0.4, -0.2) is 37.9 Å². The Labute approximate surface area is 175 Å². The van der Waals surface area contributed by atoms with Crippen LogP contribution in [0.1, 0.15) is 18.4 Å². The van der Waals surface area contributed by atoms with E-state index in [0.29, 0.717) is 18.9 Å². The lowest BCUT2D eigenvalue weighted by atomic mass is 10.0. The van der Waals surface area contributed by atoms with Gasteiger partial charge in [-0.1, -0.05) is 12.1 Å². The highest BCUT2D eigenvalue weighted by atomic mass is 79.9. The molecule has 1 saturated heterocycles. The van der Waals surface area contributed by atoms with Gasteiger partial charge in [-0.3, -0.25) is 4.90 Å². The second-order valence-electron chi connectivity index (χ2n) is 6.88. The Hall–Kier alpha value is -2.04. The highest BCUT2D eigenvalue weighted by Gasteiger charge is 2.38. The van der Waals surface area contributed by atoms with Crippen molar-refractivity contribution in [3.63, 3.8) is 0 Å². The van der Waals surface area contributed by atoms with Gasteiger partial charge in [-0.05, 0) is 53.0 Å². The van der Waals surface area contributed by atoms with Gasteiger partial charge in [-0.15, -0.1) is 0 Å². The summed E-state index contributed by atoms with van der Waals surface area (Å²) in [4.78, 5) is 13.7. The molecule has 0 saturated carbocycles. The zero-order chi connectivity index (χ0) is 20.8. The standard InChI is InChI=1S/C19H17BrF2N2O4S/c20-15-3-1-2-12-11-28-19(25)24(18(12)15)13-6-8-23(9-7-13)29(26,27)14-4-5-16(21)17(22)10-14/h1-5,10,13H,6-9,11H2. The molecule has 0 aliphatic carbocycles. The van der Waals surface area contributed by atoms with Crippen LogP contribution in [0.2, 0.25) is 0 Å². The molecule has 154 valence electrons. The van der Waals surface area contributed by atoms with Gasteiger partial charge in [-0.25, -0.2) is 22.0 Å². The summed E-state index contributed by atoms with van der Waals surface area (Å²) in [5, 5.41) is 0. The third-order valence-electron chi connectivity index (χ3n) is 5.18. The fourth-order valence-corrected chi connectivity index (χ4v) is 5.79. The minimum Gasteiger partial charge on any atom is -0.444 e. The fraction of sp³-hybridized carbons (Fsp3) is 0.316. The van der Waals surface area contributed by atoms with Gasteiger partial charge in [-0.2, -0.15) is 4.31 Å². The van der Waals surface area contributed by atoms with Crippen molar-refractivity contribution in [2.45, 2.75) is 30.4 Å². The Morgan fingerprint density at radius 2 is 1.79 bits per heavy atom. The number of cyclic esters (lactones) is 1. The average molecular weight is 487 g/mol. The van der Waals surface area contributed by atoms with Gasteiger partial charge in [0.25, 0.3) is 0 Å². The minimum absolute atomic E-state index is 0.148. The number of hydrogen-bond donors (Lipinski definition) is 0. The van der Waals surface area contributed by atoms with Crippen LogP contribution >= 0.6 is 15.9 Å². The van der Waals surface area contributed by atoms with Gasteiger partial charge in [0.05, 0.1) is 10.6 Å². The van der Waals surface area contributed by atoms with Gasteiger partial charge in [0.15, 0.2) is 11.6 Å². The number of sulfonamides is 1. The summed E-state index contributed by atoms with van der Waals surface area (Å²) in [5.41, 5.74) is 1.61. The number of para-hydroxylation sites is 1. The van der Waals surface area contributed by atoms with Gasteiger partial charge in [0, 0.05) is 29.2 Å². The van der Waals surface area contributed by atoms with Crippen molar-refractivity contribution in [3.05, 3.63) is 58.1 Å². The maximum Gasteiger partial charge on any atom is 0.414 e. The van der Waals surface area contributed by atoms with E-state index < -0.39 is 27.8 Å². The van der Waals surface area contributed by atoms with Crippen LogP contribution in [0.4, 0.5) is 19.3 Å². The van der Waals surface area contributed by atoms with E-state index in [2.05, 4.69) is 15.9 Å². The van der Waals surface area contributed by atoms with Crippen molar-refractivity contribution in [1.82, 2.24) is 4.31 Å². The summed E-state index contributed by atoms with van der Waals surface area (Å²) in [6.45, 7) is 0.485. The topological polar surface area (TPSA) is 66.9 Å². The first-order valence-corrected chi connectivity index (χ1v) is 11.2. The number of benzene rings is 2. The number of nitrogens with zero attached hydrogens (tertiary/aromatic N) is 2. The molecule has 10 heteroatoms. The molecule has 0 N–H and O–H groups in total. The molecule has 2 aliphatic heterocycles. The molecule has 0 unspecified atom stereocenters. The average Bonchev–Trinajstić information content (AvgIpc) is 2.70. The van der Waals surface area contributed by atoms with Gasteiger partial charge in [0.2, 0.25) is 10.0 Å². The number of ether oxygens (including phenoxy) is 1. The largest absolute Gasteiger partial charge is 0.444 e. The van der Waals surface area contributed by atoms with Crippen LogP contribution in [-0.2, 0) is 21.4 Å². The van der Waals surface area contributed by atoms with Gasteiger partial charge in [0.1, 0.15) is 6.61 Å². The third kappa shape index (κ3) is 3.64. The molecule has 29 heavy (non-hydrogen) atoms. The number of carbonyl (C=O) groups excluding carboxylic acids is 1. The van der Waals surface area contributed by atoms with Crippen LogP contribution in [0.25, 0.3) is 0 Å². The van der Waals surface area contributed by atoms with Crippen molar-refractivity contribution in [1.29, 1.82) is 0 Å². The van der Waals surface area contributed by atoms with Gasteiger partial charge < -0.3 is 4.74 Å². The van der Waals surface area contributed by atoms with E-state index in [0.717, 1.165) is 27.9 Å². The fourth-order valence-electron chi connectivity index (χ4n) is 3.71. The number of piperidine rings is 1. The molecular formula is C19H17BrF2N2O4S. The predicted octanol–water partition coefficient (Wildman–Crippen LogP) is 4.04. The second-order valence-corrected chi connectivity index (χ2v) is 9.68. The molecule has 0 spiro atoms. The van der Waals surface area contributed by atoms with Crippen molar-refractivity contribution in [2.75, 3.05) is 18.0 Å². The number of halogens is 3. The molecule has 2 aromatic rings. The Morgan fingerprint density at radius 3 is 2.48 bits per heavy atom. The zero-order valence-corrected chi connectivity index (χ0v) is 17.5. The first-order valence-electron chi connectivity index (χ1n) is 8.97. The summed E-state index contributed by atoms with van der Waals surface area (Å²) in [5.74, 6) is -2.31. The lowest BCUT2D eigenvalue weighted by Gasteiger charge is -2.40. The monoisotopic (exact) mass is 486 g/mol. The number of amides is 1. The molecule has 6 nitrogen and oxygen atoms in total. The number of anilines is 1. The van der Waals surface area contributed by atoms with Crippen molar-refractivity contribution in [3.8, 4) is 0 Å². The van der Waals surface area contributed by atoms with Gasteiger partial charge >= 0.3 is 6.09 Å². The Balaban J connectivity index is 1.54. The minimum atomic E-state index is -3.95. The second kappa shape index (κ2) is 7.66. The van der Waals surface area contributed by atoms with Crippen molar-refractivity contribution in [2.24, 2.45) is 0 Å². The quantitative estimate of drug-likeness (QED) is 0.656. The van der Waals surface area contributed by atoms with Crippen LogP contribution < -0.4 is 4.90 Å². The number of hydrogen-bond acceptors (Lipinski definition) is 4. The summed E-state index contributed by atoms with van der Waals surface area (Å²) in [7, 11) is -3.95. The molecule has 2 aliphatic rings. The van der Waals surface area contributed by atoms with E-state index >= 15 is 0 Å². The first-order chi connectivity index (χ1) is 13.8. The molecule has 4 rings (SSSR count). The Kier molecular flexibility index (Phi) is 5.34. The van der Waals surface area contributed by atoms with Crippen LogP contribution in [0.3, 0.4) is 0 Å². The van der Waals surface area contributed by atoms with Crippen LogP contribution in [0.5, 0.6) is 0 Å². The summed E-state index contributed by atoms with van der Waals surface area (Å²) < 4.78 is 59.4. The van der Waals surface area contributed by atoms with Crippen LogP contribution in [0, 0.1) is 11.6 Å². The SMILES string of the molecule is O=C1OCc2cccc(Br)c2N1C1CCN(S(=O)(=O)c2ccc(F)c(F)c2)CC1. The Morgan fingerprint density at radius 1 is 1.07 bits per heavy atom. The van der Waals surface area contributed by atoms with E-state index in [4.69, 9.17) is 4.74 Å². The molecule has 2 aromatic carbocycles. The summed E-state index contributed by atoms with van der Waals surface area (Å²) in [6, 6.07) is 7.87. The lowest BCUT2D eigenvalue weighted by Crippen LogP contribution is -2.50. The highest BCUT2D eigenvalue weighted by molar-refractivity contribution is 9.10. The molecule has 1 fully saturated rings. The molecule has 2 heterocycles. The predicted molar refractivity (Wildman–Crippen MR) is 105 cm³/mol. The summed E-state index contributed by atoms with van der Waals surface area (Å²) in [6.07, 6.45) is 0.309. The van der Waals surface area contributed by atoms with E-state index in [1.807, 2.05) is 18.2 Å². The van der Waals surface area contributed by atoms with E-state index in [1.54, 1.807) is 4.90 Å². The number of rotatable bonds is 3. The lowest BCUT2D eigenvalue weighted by molar-refractivity contribution is 0.135. The van der Waals surface area contributed by atoms with Crippen molar-refractivity contribution < 1.29 is 26.7 Å². The molecular weight excluding hydrogens is 470 g/mol.